The van der Waals surface area contributed by atoms with E-state index in [1.54, 1.807) is 6.07 Å². The highest BCUT2D eigenvalue weighted by molar-refractivity contribution is 9.10. The van der Waals surface area contributed by atoms with Crippen molar-refractivity contribution in [3.8, 4) is 0 Å². The number of hydrogen-bond donors (Lipinski definition) is 2. The van der Waals surface area contributed by atoms with Gasteiger partial charge in [0.1, 0.15) is 11.4 Å². The zero-order valence-electron chi connectivity index (χ0n) is 10.6. The molecule has 0 heterocycles. The number of aliphatic carboxylic acids is 1. The van der Waals surface area contributed by atoms with Crippen molar-refractivity contribution >= 4 is 21.9 Å². The minimum absolute atomic E-state index is 0.0236. The number of carbonyl (C=O) groups is 1. The van der Waals surface area contributed by atoms with Crippen molar-refractivity contribution in [2.75, 3.05) is 0 Å². The third-order valence-corrected chi connectivity index (χ3v) is 3.54. The molecule has 0 saturated carbocycles. The molecule has 5 heteroatoms. The summed E-state index contributed by atoms with van der Waals surface area (Å²) in [5.74, 6) is -1.63. The lowest BCUT2D eigenvalue weighted by molar-refractivity contribution is -0.145. The molecule has 0 spiro atoms. The fourth-order valence-electron chi connectivity index (χ4n) is 1.73. The molecule has 1 aromatic carbocycles. The van der Waals surface area contributed by atoms with Crippen molar-refractivity contribution in [3.63, 3.8) is 0 Å². The summed E-state index contributed by atoms with van der Waals surface area (Å²) in [6.07, 6.45) is 0.762. The van der Waals surface area contributed by atoms with Crippen molar-refractivity contribution in [3.05, 3.63) is 34.1 Å². The smallest absolute Gasteiger partial charge is 0.328 e. The second-order valence-electron chi connectivity index (χ2n) is 4.51. The highest BCUT2D eigenvalue weighted by Gasteiger charge is 2.38. The third kappa shape index (κ3) is 3.09. The van der Waals surface area contributed by atoms with Crippen LogP contribution < -0.4 is 5.32 Å². The summed E-state index contributed by atoms with van der Waals surface area (Å²) in [7, 11) is 0. The second-order valence-corrected chi connectivity index (χ2v) is 5.42. The number of rotatable bonds is 5. The largest absolute Gasteiger partial charge is 0.480 e. The minimum Gasteiger partial charge on any atom is -0.480 e. The van der Waals surface area contributed by atoms with Crippen LogP contribution in [0.2, 0.25) is 0 Å². The molecule has 2 unspecified atom stereocenters. The molecule has 18 heavy (non-hydrogen) atoms. The van der Waals surface area contributed by atoms with E-state index in [1.807, 2.05) is 13.8 Å². The van der Waals surface area contributed by atoms with Crippen LogP contribution in [0.4, 0.5) is 4.39 Å². The van der Waals surface area contributed by atoms with Gasteiger partial charge in [0.25, 0.3) is 0 Å². The molecule has 0 aliphatic heterocycles. The van der Waals surface area contributed by atoms with Crippen molar-refractivity contribution < 1.29 is 14.3 Å². The maximum absolute atomic E-state index is 13.9. The molecular weight excluding hydrogens is 301 g/mol. The first-order valence-corrected chi connectivity index (χ1v) is 6.57. The molecule has 0 radical (unpaired) electrons. The topological polar surface area (TPSA) is 49.3 Å². The fraction of sp³-hybridized carbons (Fsp3) is 0.462. The Morgan fingerprint density at radius 2 is 2.22 bits per heavy atom. The summed E-state index contributed by atoms with van der Waals surface area (Å²) < 4.78 is 14.5. The SMILES string of the molecule is CCC(C)NC(C)(C(=O)O)c1cc(Br)ccc1F. The minimum atomic E-state index is -1.44. The Balaban J connectivity index is 3.26. The molecule has 0 fully saturated rings. The van der Waals surface area contributed by atoms with Gasteiger partial charge in [0.2, 0.25) is 0 Å². The number of hydrogen-bond acceptors (Lipinski definition) is 2. The van der Waals surface area contributed by atoms with Crippen LogP contribution in [0.3, 0.4) is 0 Å². The summed E-state index contributed by atoms with van der Waals surface area (Å²) in [5.41, 5.74) is -1.31. The zero-order valence-corrected chi connectivity index (χ0v) is 12.2. The van der Waals surface area contributed by atoms with E-state index in [2.05, 4.69) is 21.2 Å². The van der Waals surface area contributed by atoms with E-state index in [4.69, 9.17) is 0 Å². The van der Waals surface area contributed by atoms with E-state index in [0.29, 0.717) is 4.47 Å². The lowest BCUT2D eigenvalue weighted by Gasteiger charge is -2.30. The molecule has 0 aliphatic carbocycles. The number of benzene rings is 1. The number of nitrogens with one attached hydrogen (secondary N) is 1. The Kier molecular flexibility index (Phi) is 4.87. The van der Waals surface area contributed by atoms with Gasteiger partial charge in [-0.1, -0.05) is 22.9 Å². The van der Waals surface area contributed by atoms with Gasteiger partial charge in [-0.2, -0.15) is 0 Å². The quantitative estimate of drug-likeness (QED) is 0.876. The lowest BCUT2D eigenvalue weighted by Crippen LogP contribution is -2.50. The van der Waals surface area contributed by atoms with Crippen LogP contribution in [0.5, 0.6) is 0 Å². The Labute approximate surface area is 115 Å². The standard InChI is InChI=1S/C13H17BrFNO2/c1-4-8(2)16-13(3,12(17)18)10-7-9(14)5-6-11(10)15/h5-8,16H,4H2,1-3H3,(H,17,18). The summed E-state index contributed by atoms with van der Waals surface area (Å²) in [6, 6.07) is 4.28. The van der Waals surface area contributed by atoms with Crippen LogP contribution in [-0.2, 0) is 10.3 Å². The molecular formula is C13H17BrFNO2. The van der Waals surface area contributed by atoms with Crippen molar-refractivity contribution in [1.29, 1.82) is 0 Å². The van der Waals surface area contributed by atoms with E-state index < -0.39 is 17.3 Å². The lowest BCUT2D eigenvalue weighted by atomic mass is 9.90. The van der Waals surface area contributed by atoms with Crippen LogP contribution in [0.15, 0.2) is 22.7 Å². The molecule has 3 nitrogen and oxygen atoms in total. The molecule has 0 aliphatic rings. The van der Waals surface area contributed by atoms with Gasteiger partial charge in [-0.05, 0) is 38.5 Å². The molecule has 2 N–H and O–H groups in total. The Morgan fingerprint density at radius 3 is 2.72 bits per heavy atom. The van der Waals surface area contributed by atoms with Crippen molar-refractivity contribution in [2.24, 2.45) is 0 Å². The molecule has 100 valence electrons. The average Bonchev–Trinajstić information content (AvgIpc) is 2.31. The van der Waals surface area contributed by atoms with Crippen LogP contribution in [0, 0.1) is 5.82 Å². The van der Waals surface area contributed by atoms with Gasteiger partial charge < -0.3 is 5.11 Å². The van der Waals surface area contributed by atoms with Gasteiger partial charge in [-0.15, -0.1) is 0 Å². The first-order chi connectivity index (χ1) is 8.31. The molecule has 0 saturated heterocycles. The third-order valence-electron chi connectivity index (χ3n) is 3.04. The molecule has 1 rings (SSSR count). The molecule has 1 aromatic rings. The molecule has 0 amide bonds. The summed E-state index contributed by atoms with van der Waals surface area (Å²) in [4.78, 5) is 11.5. The average molecular weight is 318 g/mol. The molecule has 2 atom stereocenters. The summed E-state index contributed by atoms with van der Waals surface area (Å²) in [6.45, 7) is 5.29. The molecule has 0 aromatic heterocycles. The Morgan fingerprint density at radius 1 is 1.61 bits per heavy atom. The van der Waals surface area contributed by atoms with Gasteiger partial charge in [0.15, 0.2) is 0 Å². The van der Waals surface area contributed by atoms with E-state index in [1.165, 1.54) is 19.1 Å². The normalized spacial score (nSPS) is 16.1. The first-order valence-electron chi connectivity index (χ1n) is 5.78. The Bertz CT molecular complexity index is 453. The van der Waals surface area contributed by atoms with Gasteiger partial charge >= 0.3 is 5.97 Å². The number of carboxylic acid groups (broad SMARTS) is 1. The molecule has 0 bridgehead atoms. The summed E-state index contributed by atoms with van der Waals surface area (Å²) >= 11 is 3.23. The highest BCUT2D eigenvalue weighted by atomic mass is 79.9. The number of halogens is 2. The Hall–Kier alpha value is -0.940. The van der Waals surface area contributed by atoms with Crippen molar-refractivity contribution in [2.45, 2.75) is 38.8 Å². The van der Waals surface area contributed by atoms with Gasteiger partial charge in [-0.3, -0.25) is 5.32 Å². The first kappa shape index (κ1) is 15.1. The van der Waals surface area contributed by atoms with Gasteiger partial charge in [0, 0.05) is 16.1 Å². The maximum atomic E-state index is 13.9. The maximum Gasteiger partial charge on any atom is 0.328 e. The fourth-order valence-corrected chi connectivity index (χ4v) is 2.09. The van der Waals surface area contributed by atoms with Crippen LogP contribution >= 0.6 is 15.9 Å². The predicted molar refractivity (Wildman–Crippen MR) is 72.0 cm³/mol. The predicted octanol–water partition coefficient (Wildman–Crippen LogP) is 3.28. The van der Waals surface area contributed by atoms with E-state index >= 15 is 0 Å². The van der Waals surface area contributed by atoms with Crippen LogP contribution in [-0.4, -0.2) is 17.1 Å². The monoisotopic (exact) mass is 317 g/mol. The van der Waals surface area contributed by atoms with Crippen LogP contribution in [0.1, 0.15) is 32.8 Å². The highest BCUT2D eigenvalue weighted by Crippen LogP contribution is 2.28. The van der Waals surface area contributed by atoms with E-state index in [0.717, 1.165) is 6.42 Å². The van der Waals surface area contributed by atoms with Gasteiger partial charge in [-0.25, -0.2) is 9.18 Å². The number of carboxylic acids is 1. The van der Waals surface area contributed by atoms with E-state index in [-0.39, 0.29) is 11.6 Å². The second kappa shape index (κ2) is 5.80. The van der Waals surface area contributed by atoms with E-state index in [9.17, 15) is 14.3 Å². The van der Waals surface area contributed by atoms with Crippen molar-refractivity contribution in [1.82, 2.24) is 5.32 Å². The van der Waals surface area contributed by atoms with Gasteiger partial charge in [0.05, 0.1) is 0 Å². The zero-order chi connectivity index (χ0) is 13.9. The van der Waals surface area contributed by atoms with Crippen LogP contribution in [0.25, 0.3) is 0 Å². The summed E-state index contributed by atoms with van der Waals surface area (Å²) in [5, 5.41) is 12.4.